The highest BCUT2D eigenvalue weighted by Crippen LogP contribution is 2.15. The molecule has 0 aliphatic carbocycles. The molecule has 0 aliphatic heterocycles. The van der Waals surface area contributed by atoms with E-state index in [4.69, 9.17) is 5.73 Å². The van der Waals surface area contributed by atoms with Crippen LogP contribution in [-0.2, 0) is 0 Å². The van der Waals surface area contributed by atoms with E-state index in [1.807, 2.05) is 14.0 Å². The van der Waals surface area contributed by atoms with Crippen LogP contribution in [0.15, 0.2) is 0 Å². The number of hydrogen-bond acceptors (Lipinski definition) is 5. The summed E-state index contributed by atoms with van der Waals surface area (Å²) in [6.07, 6.45) is 0. The van der Waals surface area contributed by atoms with E-state index in [2.05, 4.69) is 21.2 Å². The highest BCUT2D eigenvalue weighted by atomic mass is 32.1. The summed E-state index contributed by atoms with van der Waals surface area (Å²) < 4.78 is 4.13. The molecule has 2 N–H and O–H groups in total. The molecule has 0 saturated heterocycles. The van der Waals surface area contributed by atoms with Crippen molar-refractivity contribution in [2.24, 2.45) is 11.7 Å². The van der Waals surface area contributed by atoms with Gasteiger partial charge in [-0.05, 0) is 19.4 Å². The zero-order chi connectivity index (χ0) is 9.84. The molecule has 1 unspecified atom stereocenters. The molecule has 0 aliphatic rings. The van der Waals surface area contributed by atoms with Crippen molar-refractivity contribution < 1.29 is 0 Å². The number of rotatable bonds is 4. The number of nitrogens with zero attached hydrogens (tertiary/aromatic N) is 3. The van der Waals surface area contributed by atoms with E-state index in [9.17, 15) is 0 Å². The molecule has 0 aromatic carbocycles. The summed E-state index contributed by atoms with van der Waals surface area (Å²) in [5.41, 5.74) is 5.54. The Balaban J connectivity index is 2.53. The molecular weight excluding hydrogens is 184 g/mol. The fourth-order valence-corrected chi connectivity index (χ4v) is 1.70. The summed E-state index contributed by atoms with van der Waals surface area (Å²) in [6.45, 7) is 5.68. The SMILES string of the molecule is Cc1nsc(N(C)CC(C)CN)n1. The number of nitrogens with two attached hydrogens (primary N) is 1. The van der Waals surface area contributed by atoms with Gasteiger partial charge in [-0.15, -0.1) is 0 Å². The molecule has 1 atom stereocenters. The standard InChI is InChI=1S/C8H16N4S/c1-6(4-9)5-12(3)8-10-7(2)11-13-8/h6H,4-5,9H2,1-3H3. The Labute approximate surface area is 82.9 Å². The molecule has 0 radical (unpaired) electrons. The van der Waals surface area contributed by atoms with Gasteiger partial charge in [-0.3, -0.25) is 0 Å². The Morgan fingerprint density at radius 2 is 2.31 bits per heavy atom. The highest BCUT2D eigenvalue weighted by Gasteiger charge is 2.09. The molecule has 0 amide bonds. The van der Waals surface area contributed by atoms with Crippen LogP contribution in [0.25, 0.3) is 0 Å². The summed E-state index contributed by atoms with van der Waals surface area (Å²) in [5, 5.41) is 0.970. The maximum absolute atomic E-state index is 5.54. The van der Waals surface area contributed by atoms with E-state index in [0.29, 0.717) is 12.5 Å². The molecule has 0 saturated carbocycles. The monoisotopic (exact) mass is 200 g/mol. The summed E-state index contributed by atoms with van der Waals surface area (Å²) in [4.78, 5) is 6.39. The van der Waals surface area contributed by atoms with Crippen molar-refractivity contribution >= 4 is 16.7 Å². The second kappa shape index (κ2) is 4.53. The van der Waals surface area contributed by atoms with Crippen LogP contribution < -0.4 is 10.6 Å². The molecular formula is C8H16N4S. The van der Waals surface area contributed by atoms with Gasteiger partial charge in [0, 0.05) is 25.1 Å². The minimum absolute atomic E-state index is 0.495. The van der Waals surface area contributed by atoms with Gasteiger partial charge in [-0.25, -0.2) is 4.98 Å². The average molecular weight is 200 g/mol. The topological polar surface area (TPSA) is 55.0 Å². The smallest absolute Gasteiger partial charge is 0.204 e. The number of aromatic nitrogens is 2. The Bertz CT molecular complexity index is 260. The third-order valence-corrected chi connectivity index (χ3v) is 2.75. The van der Waals surface area contributed by atoms with Gasteiger partial charge in [-0.1, -0.05) is 6.92 Å². The number of aryl methyl sites for hydroxylation is 1. The van der Waals surface area contributed by atoms with Crippen molar-refractivity contribution in [3.8, 4) is 0 Å². The van der Waals surface area contributed by atoms with Gasteiger partial charge in [0.25, 0.3) is 0 Å². The molecule has 1 heterocycles. The molecule has 0 bridgehead atoms. The van der Waals surface area contributed by atoms with E-state index in [0.717, 1.165) is 17.5 Å². The lowest BCUT2D eigenvalue weighted by molar-refractivity contribution is 0.589. The van der Waals surface area contributed by atoms with Gasteiger partial charge < -0.3 is 10.6 Å². The van der Waals surface area contributed by atoms with Crippen LogP contribution in [0.2, 0.25) is 0 Å². The van der Waals surface area contributed by atoms with Gasteiger partial charge in [-0.2, -0.15) is 4.37 Å². The van der Waals surface area contributed by atoms with Gasteiger partial charge in [0.2, 0.25) is 5.13 Å². The largest absolute Gasteiger partial charge is 0.350 e. The van der Waals surface area contributed by atoms with Gasteiger partial charge in [0.15, 0.2) is 0 Å². The zero-order valence-corrected chi connectivity index (χ0v) is 9.14. The summed E-state index contributed by atoms with van der Waals surface area (Å²) in [7, 11) is 2.02. The van der Waals surface area contributed by atoms with Crippen molar-refractivity contribution in [3.63, 3.8) is 0 Å². The Morgan fingerprint density at radius 1 is 1.62 bits per heavy atom. The molecule has 74 valence electrons. The number of hydrogen-bond donors (Lipinski definition) is 1. The molecule has 0 spiro atoms. The van der Waals surface area contributed by atoms with Crippen LogP contribution in [0, 0.1) is 12.8 Å². The van der Waals surface area contributed by atoms with Gasteiger partial charge in [0.05, 0.1) is 0 Å². The lowest BCUT2D eigenvalue weighted by Crippen LogP contribution is -2.28. The van der Waals surface area contributed by atoms with Crippen LogP contribution in [0.3, 0.4) is 0 Å². The number of anilines is 1. The fourth-order valence-electron chi connectivity index (χ4n) is 1.06. The van der Waals surface area contributed by atoms with Crippen molar-refractivity contribution in [1.29, 1.82) is 0 Å². The first kappa shape index (κ1) is 10.4. The van der Waals surface area contributed by atoms with Crippen molar-refractivity contribution in [2.45, 2.75) is 13.8 Å². The minimum atomic E-state index is 0.495. The molecule has 1 rings (SSSR count). The molecule has 5 heteroatoms. The van der Waals surface area contributed by atoms with E-state index in [1.165, 1.54) is 11.5 Å². The van der Waals surface area contributed by atoms with Crippen LogP contribution in [0.1, 0.15) is 12.7 Å². The zero-order valence-electron chi connectivity index (χ0n) is 8.32. The van der Waals surface area contributed by atoms with Crippen molar-refractivity contribution in [3.05, 3.63) is 5.82 Å². The van der Waals surface area contributed by atoms with Crippen molar-refractivity contribution in [1.82, 2.24) is 9.36 Å². The minimum Gasteiger partial charge on any atom is -0.350 e. The average Bonchev–Trinajstić information content (AvgIpc) is 2.51. The Morgan fingerprint density at radius 3 is 2.77 bits per heavy atom. The predicted molar refractivity (Wildman–Crippen MR) is 56.1 cm³/mol. The lowest BCUT2D eigenvalue weighted by Gasteiger charge is -2.18. The fraction of sp³-hybridized carbons (Fsp3) is 0.750. The Kier molecular flexibility index (Phi) is 3.62. The second-order valence-corrected chi connectivity index (χ2v) is 4.08. The van der Waals surface area contributed by atoms with E-state index < -0.39 is 0 Å². The molecule has 1 aromatic heterocycles. The maximum atomic E-state index is 5.54. The van der Waals surface area contributed by atoms with E-state index >= 15 is 0 Å². The van der Waals surface area contributed by atoms with Crippen LogP contribution in [-0.4, -0.2) is 29.5 Å². The van der Waals surface area contributed by atoms with Crippen molar-refractivity contribution in [2.75, 3.05) is 25.0 Å². The first-order chi connectivity index (χ1) is 6.13. The Hall–Kier alpha value is -0.680. The van der Waals surface area contributed by atoms with Crippen LogP contribution in [0.5, 0.6) is 0 Å². The molecule has 13 heavy (non-hydrogen) atoms. The predicted octanol–water partition coefficient (Wildman–Crippen LogP) is 0.878. The second-order valence-electron chi connectivity index (χ2n) is 3.35. The molecule has 0 fully saturated rings. The molecule has 4 nitrogen and oxygen atoms in total. The third kappa shape index (κ3) is 2.93. The summed E-state index contributed by atoms with van der Waals surface area (Å²) in [6, 6.07) is 0. The van der Waals surface area contributed by atoms with E-state index in [-0.39, 0.29) is 0 Å². The van der Waals surface area contributed by atoms with E-state index in [1.54, 1.807) is 0 Å². The normalized spacial score (nSPS) is 12.9. The lowest BCUT2D eigenvalue weighted by atomic mass is 10.2. The van der Waals surface area contributed by atoms with Crippen LogP contribution >= 0.6 is 11.5 Å². The van der Waals surface area contributed by atoms with Gasteiger partial charge >= 0.3 is 0 Å². The summed E-state index contributed by atoms with van der Waals surface area (Å²) >= 11 is 1.43. The first-order valence-electron chi connectivity index (χ1n) is 4.35. The maximum Gasteiger partial charge on any atom is 0.204 e. The highest BCUT2D eigenvalue weighted by molar-refractivity contribution is 7.09. The quantitative estimate of drug-likeness (QED) is 0.784. The summed E-state index contributed by atoms with van der Waals surface area (Å²) in [5.74, 6) is 1.33. The van der Waals surface area contributed by atoms with Crippen LogP contribution in [0.4, 0.5) is 5.13 Å². The third-order valence-electron chi connectivity index (χ3n) is 1.83. The van der Waals surface area contributed by atoms with Gasteiger partial charge in [0.1, 0.15) is 5.82 Å². The first-order valence-corrected chi connectivity index (χ1v) is 5.12. The molecule has 1 aromatic rings.